The number of hydrogen-bond donors (Lipinski definition) is 2. The zero-order valence-electron chi connectivity index (χ0n) is 12.2. The third-order valence-corrected chi connectivity index (χ3v) is 4.49. The van der Waals surface area contributed by atoms with Crippen molar-refractivity contribution >= 4 is 17.7 Å². The van der Waals surface area contributed by atoms with Gasteiger partial charge in [0.05, 0.1) is 11.5 Å². The molecule has 1 aromatic rings. The average Bonchev–Trinajstić information content (AvgIpc) is 2.46. The van der Waals surface area contributed by atoms with Crippen LogP contribution in [0.25, 0.3) is 0 Å². The highest BCUT2D eigenvalue weighted by Gasteiger charge is 2.30. The minimum Gasteiger partial charge on any atom is -0.349 e. The Kier molecular flexibility index (Phi) is 5.88. The largest absolute Gasteiger partial charge is 0.349 e. The summed E-state index contributed by atoms with van der Waals surface area (Å²) >= 11 is 1.71. The monoisotopic (exact) mass is 280 g/mol. The van der Waals surface area contributed by atoms with E-state index in [-0.39, 0.29) is 11.9 Å². The van der Waals surface area contributed by atoms with Gasteiger partial charge in [-0.05, 0) is 44.2 Å². The average molecular weight is 280 g/mol. The molecule has 0 heterocycles. The van der Waals surface area contributed by atoms with Gasteiger partial charge in [-0.3, -0.25) is 4.79 Å². The van der Waals surface area contributed by atoms with E-state index in [4.69, 9.17) is 5.73 Å². The van der Waals surface area contributed by atoms with Crippen LogP contribution < -0.4 is 11.1 Å². The summed E-state index contributed by atoms with van der Waals surface area (Å²) < 4.78 is 0. The Morgan fingerprint density at radius 2 is 2.00 bits per heavy atom. The first kappa shape index (κ1) is 16.1. The lowest BCUT2D eigenvalue weighted by Crippen LogP contribution is -2.44. The standard InChI is InChI=1S/C15H24N2OS/c1-5-15(3,10-16)14(18)17-11(2)12-6-8-13(19-4)9-7-12/h6-9,11H,5,10,16H2,1-4H3,(H,17,18). The molecule has 19 heavy (non-hydrogen) atoms. The van der Waals surface area contributed by atoms with Gasteiger partial charge in [0, 0.05) is 11.4 Å². The molecule has 3 nitrogen and oxygen atoms in total. The van der Waals surface area contributed by atoms with Crippen molar-refractivity contribution < 1.29 is 4.79 Å². The fourth-order valence-electron chi connectivity index (χ4n) is 1.74. The lowest BCUT2D eigenvalue weighted by Gasteiger charge is -2.27. The van der Waals surface area contributed by atoms with Crippen LogP contribution in [-0.2, 0) is 4.79 Å². The van der Waals surface area contributed by atoms with Gasteiger partial charge < -0.3 is 11.1 Å². The molecular weight excluding hydrogens is 256 g/mol. The highest BCUT2D eigenvalue weighted by atomic mass is 32.2. The maximum absolute atomic E-state index is 12.2. The molecule has 0 fully saturated rings. The van der Waals surface area contributed by atoms with Gasteiger partial charge in [0.2, 0.25) is 5.91 Å². The number of nitrogens with two attached hydrogens (primary N) is 1. The van der Waals surface area contributed by atoms with Crippen molar-refractivity contribution in [1.29, 1.82) is 0 Å². The predicted octanol–water partition coefficient (Wildman–Crippen LogP) is 2.96. The Balaban J connectivity index is 2.73. The minimum absolute atomic E-state index is 0.000770. The molecule has 1 amide bonds. The normalized spacial score (nSPS) is 15.6. The summed E-state index contributed by atoms with van der Waals surface area (Å²) in [5.74, 6) is 0.0268. The van der Waals surface area contributed by atoms with Crippen molar-refractivity contribution in [3.63, 3.8) is 0 Å². The molecule has 3 N–H and O–H groups in total. The molecule has 0 aromatic heterocycles. The van der Waals surface area contributed by atoms with E-state index in [9.17, 15) is 4.79 Å². The van der Waals surface area contributed by atoms with Crippen LogP contribution in [0.5, 0.6) is 0 Å². The van der Waals surface area contributed by atoms with E-state index in [0.29, 0.717) is 6.54 Å². The van der Waals surface area contributed by atoms with Gasteiger partial charge in [-0.15, -0.1) is 11.8 Å². The van der Waals surface area contributed by atoms with Gasteiger partial charge in [-0.1, -0.05) is 19.1 Å². The molecule has 2 atom stereocenters. The molecule has 0 aliphatic carbocycles. The van der Waals surface area contributed by atoms with E-state index < -0.39 is 5.41 Å². The molecule has 0 saturated carbocycles. The highest BCUT2D eigenvalue weighted by molar-refractivity contribution is 7.98. The summed E-state index contributed by atoms with van der Waals surface area (Å²) in [4.78, 5) is 13.5. The maximum Gasteiger partial charge on any atom is 0.227 e. The molecule has 1 aromatic carbocycles. The first-order valence-electron chi connectivity index (χ1n) is 6.62. The Labute approximate surface area is 120 Å². The summed E-state index contributed by atoms with van der Waals surface area (Å²) in [6, 6.07) is 8.26. The number of thioether (sulfide) groups is 1. The molecule has 0 bridgehead atoms. The molecule has 2 unspecified atom stereocenters. The topological polar surface area (TPSA) is 55.1 Å². The Bertz CT molecular complexity index is 413. The van der Waals surface area contributed by atoms with Crippen molar-refractivity contribution in [1.82, 2.24) is 5.32 Å². The Morgan fingerprint density at radius 1 is 1.42 bits per heavy atom. The minimum atomic E-state index is -0.479. The number of rotatable bonds is 6. The Morgan fingerprint density at radius 3 is 2.42 bits per heavy atom. The van der Waals surface area contributed by atoms with E-state index in [0.717, 1.165) is 12.0 Å². The summed E-state index contributed by atoms with van der Waals surface area (Å²) in [6.45, 7) is 6.27. The van der Waals surface area contributed by atoms with E-state index in [1.54, 1.807) is 11.8 Å². The molecule has 106 valence electrons. The van der Waals surface area contributed by atoms with Crippen LogP contribution in [0.3, 0.4) is 0 Å². The maximum atomic E-state index is 12.2. The third kappa shape index (κ3) is 3.98. The van der Waals surface area contributed by atoms with Crippen LogP contribution in [0, 0.1) is 5.41 Å². The quantitative estimate of drug-likeness (QED) is 0.788. The van der Waals surface area contributed by atoms with Gasteiger partial charge in [-0.2, -0.15) is 0 Å². The number of amides is 1. The van der Waals surface area contributed by atoms with Crippen LogP contribution in [0.15, 0.2) is 29.2 Å². The van der Waals surface area contributed by atoms with Crippen molar-refractivity contribution in [2.24, 2.45) is 11.1 Å². The van der Waals surface area contributed by atoms with Gasteiger partial charge in [0.1, 0.15) is 0 Å². The van der Waals surface area contributed by atoms with Crippen LogP contribution in [-0.4, -0.2) is 18.7 Å². The molecule has 4 heteroatoms. The Hall–Kier alpha value is -1.00. The number of hydrogen-bond acceptors (Lipinski definition) is 3. The predicted molar refractivity (Wildman–Crippen MR) is 82.2 cm³/mol. The van der Waals surface area contributed by atoms with Crippen LogP contribution in [0.2, 0.25) is 0 Å². The third-order valence-electron chi connectivity index (χ3n) is 3.74. The summed E-state index contributed by atoms with van der Waals surface area (Å²) in [5, 5.41) is 3.05. The summed E-state index contributed by atoms with van der Waals surface area (Å²) in [5.41, 5.74) is 6.34. The molecule has 1 rings (SSSR count). The fourth-order valence-corrected chi connectivity index (χ4v) is 2.15. The summed E-state index contributed by atoms with van der Waals surface area (Å²) in [6.07, 6.45) is 2.79. The van der Waals surface area contributed by atoms with E-state index >= 15 is 0 Å². The SMILES string of the molecule is CCC(C)(CN)C(=O)NC(C)c1ccc(SC)cc1. The zero-order valence-corrected chi connectivity index (χ0v) is 13.0. The first-order chi connectivity index (χ1) is 8.96. The molecule has 0 aliphatic heterocycles. The smallest absolute Gasteiger partial charge is 0.227 e. The highest BCUT2D eigenvalue weighted by Crippen LogP contribution is 2.23. The molecule has 0 aliphatic rings. The van der Waals surface area contributed by atoms with E-state index in [1.165, 1.54) is 4.90 Å². The molecule has 0 radical (unpaired) electrons. The van der Waals surface area contributed by atoms with Gasteiger partial charge in [-0.25, -0.2) is 0 Å². The summed E-state index contributed by atoms with van der Waals surface area (Å²) in [7, 11) is 0. The lowest BCUT2D eigenvalue weighted by atomic mass is 9.86. The van der Waals surface area contributed by atoms with E-state index in [2.05, 4.69) is 29.6 Å². The van der Waals surface area contributed by atoms with Gasteiger partial charge in [0.25, 0.3) is 0 Å². The zero-order chi connectivity index (χ0) is 14.5. The van der Waals surface area contributed by atoms with Crippen molar-refractivity contribution in [3.8, 4) is 0 Å². The molecule has 0 saturated heterocycles. The number of nitrogens with one attached hydrogen (secondary N) is 1. The van der Waals surface area contributed by atoms with Gasteiger partial charge >= 0.3 is 0 Å². The van der Waals surface area contributed by atoms with Gasteiger partial charge in [0.15, 0.2) is 0 Å². The van der Waals surface area contributed by atoms with Crippen molar-refractivity contribution in [2.75, 3.05) is 12.8 Å². The van der Waals surface area contributed by atoms with E-state index in [1.807, 2.05) is 27.0 Å². The first-order valence-corrected chi connectivity index (χ1v) is 7.84. The number of carbonyl (C=O) groups excluding carboxylic acids is 1. The van der Waals surface area contributed by atoms with Crippen molar-refractivity contribution in [2.45, 2.75) is 38.1 Å². The molecule has 0 spiro atoms. The number of carbonyl (C=O) groups is 1. The second kappa shape index (κ2) is 6.96. The van der Waals surface area contributed by atoms with Crippen LogP contribution in [0.1, 0.15) is 38.8 Å². The number of benzene rings is 1. The lowest BCUT2D eigenvalue weighted by molar-refractivity contribution is -0.130. The second-order valence-electron chi connectivity index (χ2n) is 5.09. The van der Waals surface area contributed by atoms with Crippen LogP contribution >= 0.6 is 11.8 Å². The second-order valence-corrected chi connectivity index (χ2v) is 5.97. The fraction of sp³-hybridized carbons (Fsp3) is 0.533. The van der Waals surface area contributed by atoms with Crippen molar-refractivity contribution in [3.05, 3.63) is 29.8 Å². The van der Waals surface area contributed by atoms with Crippen LogP contribution in [0.4, 0.5) is 0 Å². The molecular formula is C15H24N2OS.